The molecule has 152 valence electrons. The Morgan fingerprint density at radius 3 is 2.13 bits per heavy atom. The van der Waals surface area contributed by atoms with E-state index in [4.69, 9.17) is 18.9 Å². The van der Waals surface area contributed by atoms with E-state index < -0.39 is 5.97 Å². The Morgan fingerprint density at radius 1 is 0.867 bits per heavy atom. The van der Waals surface area contributed by atoms with Crippen molar-refractivity contribution >= 4 is 5.97 Å². The minimum absolute atomic E-state index is 0.0938. The highest BCUT2D eigenvalue weighted by atomic mass is 16.5. The summed E-state index contributed by atoms with van der Waals surface area (Å²) in [5, 5.41) is 9.27. The fraction of sp³-hybridized carbons (Fsp3) is 0.167. The molecule has 0 fully saturated rings. The van der Waals surface area contributed by atoms with E-state index in [0.29, 0.717) is 22.8 Å². The molecule has 0 unspecified atom stereocenters. The second-order valence-electron chi connectivity index (χ2n) is 6.34. The molecule has 0 aromatic heterocycles. The van der Waals surface area contributed by atoms with Crippen LogP contribution in [0.2, 0.25) is 0 Å². The Bertz CT molecular complexity index is 1080. The second-order valence-corrected chi connectivity index (χ2v) is 6.34. The number of methoxy groups -OCH3 is 3. The van der Waals surface area contributed by atoms with Gasteiger partial charge in [-0.1, -0.05) is 42.5 Å². The maximum atomic E-state index is 12.6. The van der Waals surface area contributed by atoms with Crippen molar-refractivity contribution in [2.45, 2.75) is 6.61 Å². The number of carbonyl (C=O) groups excluding carboxylic acids is 1. The number of hydrogen-bond donors (Lipinski definition) is 0. The Hall–Kier alpha value is -3.98. The summed E-state index contributed by atoms with van der Waals surface area (Å²) >= 11 is 0. The zero-order valence-electron chi connectivity index (χ0n) is 17.0. The average molecular weight is 403 g/mol. The molecule has 0 amide bonds. The van der Waals surface area contributed by atoms with Gasteiger partial charge in [0.2, 0.25) is 0 Å². The zero-order valence-corrected chi connectivity index (χ0v) is 17.0. The van der Waals surface area contributed by atoms with Crippen LogP contribution in [-0.2, 0) is 11.3 Å². The lowest BCUT2D eigenvalue weighted by molar-refractivity contribution is 0.0468. The van der Waals surface area contributed by atoms with Crippen molar-refractivity contribution in [1.82, 2.24) is 0 Å². The first kappa shape index (κ1) is 20.7. The summed E-state index contributed by atoms with van der Waals surface area (Å²) in [6, 6.07) is 20.2. The van der Waals surface area contributed by atoms with Crippen LogP contribution < -0.4 is 14.2 Å². The van der Waals surface area contributed by atoms with Crippen molar-refractivity contribution in [2.75, 3.05) is 21.3 Å². The number of ether oxygens (including phenoxy) is 4. The summed E-state index contributed by atoms with van der Waals surface area (Å²) in [6.07, 6.45) is 0. The molecule has 0 atom stereocenters. The molecule has 3 rings (SSSR count). The molecule has 0 saturated heterocycles. The highest BCUT2D eigenvalue weighted by Crippen LogP contribution is 2.35. The van der Waals surface area contributed by atoms with Crippen LogP contribution >= 0.6 is 0 Å². The van der Waals surface area contributed by atoms with Crippen LogP contribution in [0.4, 0.5) is 0 Å². The zero-order chi connectivity index (χ0) is 21.5. The maximum Gasteiger partial charge on any atom is 0.342 e. The normalized spacial score (nSPS) is 10.1. The SMILES string of the molecule is COc1cc(OC)c(C(=O)OCc2ccc(-c3ccccc3C#N)cc2)cc1OC. The van der Waals surface area contributed by atoms with Gasteiger partial charge < -0.3 is 18.9 Å². The molecule has 0 saturated carbocycles. The van der Waals surface area contributed by atoms with Gasteiger partial charge in [0.05, 0.1) is 33.0 Å². The van der Waals surface area contributed by atoms with E-state index in [0.717, 1.165) is 16.7 Å². The van der Waals surface area contributed by atoms with Gasteiger partial charge in [-0.3, -0.25) is 0 Å². The third-order valence-electron chi connectivity index (χ3n) is 4.61. The molecule has 6 heteroatoms. The highest BCUT2D eigenvalue weighted by molar-refractivity contribution is 5.93. The van der Waals surface area contributed by atoms with Gasteiger partial charge in [0.25, 0.3) is 0 Å². The summed E-state index contributed by atoms with van der Waals surface area (Å²) in [4.78, 5) is 12.6. The molecule has 0 radical (unpaired) electrons. The quantitative estimate of drug-likeness (QED) is 0.536. The molecule has 3 aromatic carbocycles. The molecule has 0 aliphatic carbocycles. The summed E-state index contributed by atoms with van der Waals surface area (Å²) < 4.78 is 21.2. The molecule has 0 spiro atoms. The Balaban J connectivity index is 1.75. The Kier molecular flexibility index (Phi) is 6.56. The standard InChI is InChI=1S/C24H21NO5/c1-27-21-13-23(29-3)22(28-2)12-20(21)24(26)30-15-16-8-10-17(11-9-16)19-7-5-4-6-18(19)14-25/h4-13H,15H2,1-3H3. The molecule has 3 aromatic rings. The highest BCUT2D eigenvalue weighted by Gasteiger charge is 2.19. The number of nitrogens with zero attached hydrogens (tertiary/aromatic N) is 1. The monoisotopic (exact) mass is 403 g/mol. The van der Waals surface area contributed by atoms with Crippen molar-refractivity contribution in [3.63, 3.8) is 0 Å². The predicted molar refractivity (Wildman–Crippen MR) is 112 cm³/mol. The summed E-state index contributed by atoms with van der Waals surface area (Å²) in [5.74, 6) is 0.665. The van der Waals surface area contributed by atoms with E-state index in [1.54, 1.807) is 12.1 Å². The van der Waals surface area contributed by atoms with Gasteiger partial charge in [-0.25, -0.2) is 4.79 Å². The van der Waals surface area contributed by atoms with E-state index in [1.807, 2.05) is 42.5 Å². The van der Waals surface area contributed by atoms with Crippen molar-refractivity contribution in [1.29, 1.82) is 5.26 Å². The van der Waals surface area contributed by atoms with E-state index in [9.17, 15) is 10.1 Å². The topological polar surface area (TPSA) is 77.8 Å². The lowest BCUT2D eigenvalue weighted by Crippen LogP contribution is -2.08. The number of benzene rings is 3. The van der Waals surface area contributed by atoms with Crippen LogP contribution in [0.25, 0.3) is 11.1 Å². The van der Waals surface area contributed by atoms with E-state index >= 15 is 0 Å². The minimum atomic E-state index is -0.535. The van der Waals surface area contributed by atoms with Crippen LogP contribution in [0, 0.1) is 11.3 Å². The van der Waals surface area contributed by atoms with Crippen molar-refractivity contribution in [2.24, 2.45) is 0 Å². The van der Waals surface area contributed by atoms with Gasteiger partial charge in [0.1, 0.15) is 17.9 Å². The maximum absolute atomic E-state index is 12.6. The van der Waals surface area contributed by atoms with Gasteiger partial charge >= 0.3 is 5.97 Å². The largest absolute Gasteiger partial charge is 0.496 e. The predicted octanol–water partition coefficient (Wildman–Crippen LogP) is 4.61. The first-order valence-corrected chi connectivity index (χ1v) is 9.16. The summed E-state index contributed by atoms with van der Waals surface area (Å²) in [7, 11) is 4.47. The number of nitriles is 1. The number of rotatable bonds is 7. The van der Waals surface area contributed by atoms with Gasteiger partial charge in [0.15, 0.2) is 11.5 Å². The van der Waals surface area contributed by atoms with E-state index in [-0.39, 0.29) is 12.2 Å². The third kappa shape index (κ3) is 4.36. The Labute approximate surface area is 175 Å². The fourth-order valence-corrected chi connectivity index (χ4v) is 3.03. The minimum Gasteiger partial charge on any atom is -0.496 e. The van der Waals surface area contributed by atoms with Crippen LogP contribution in [0.3, 0.4) is 0 Å². The van der Waals surface area contributed by atoms with Crippen LogP contribution in [0.5, 0.6) is 17.2 Å². The first-order valence-electron chi connectivity index (χ1n) is 9.16. The van der Waals surface area contributed by atoms with Gasteiger partial charge in [-0.2, -0.15) is 5.26 Å². The van der Waals surface area contributed by atoms with E-state index in [1.165, 1.54) is 27.4 Å². The lowest BCUT2D eigenvalue weighted by Gasteiger charge is -2.13. The number of hydrogen-bond acceptors (Lipinski definition) is 6. The van der Waals surface area contributed by atoms with Gasteiger partial charge in [0, 0.05) is 12.1 Å². The smallest absolute Gasteiger partial charge is 0.342 e. The van der Waals surface area contributed by atoms with Crippen LogP contribution in [0.15, 0.2) is 60.7 Å². The average Bonchev–Trinajstić information content (AvgIpc) is 2.81. The van der Waals surface area contributed by atoms with Gasteiger partial charge in [-0.05, 0) is 22.8 Å². The van der Waals surface area contributed by atoms with Crippen molar-refractivity contribution < 1.29 is 23.7 Å². The van der Waals surface area contributed by atoms with Crippen molar-refractivity contribution in [3.8, 4) is 34.4 Å². The van der Waals surface area contributed by atoms with E-state index in [2.05, 4.69) is 6.07 Å². The fourth-order valence-electron chi connectivity index (χ4n) is 3.03. The van der Waals surface area contributed by atoms with Crippen LogP contribution in [-0.4, -0.2) is 27.3 Å². The molecule has 0 N–H and O–H groups in total. The number of esters is 1. The Morgan fingerprint density at radius 2 is 1.50 bits per heavy atom. The second kappa shape index (κ2) is 9.48. The molecule has 0 heterocycles. The first-order chi connectivity index (χ1) is 14.6. The van der Waals surface area contributed by atoms with Crippen molar-refractivity contribution in [3.05, 3.63) is 77.4 Å². The summed E-state index contributed by atoms with van der Waals surface area (Å²) in [5.41, 5.74) is 3.45. The molecule has 6 nitrogen and oxygen atoms in total. The molecular weight excluding hydrogens is 382 g/mol. The molecule has 0 bridgehead atoms. The molecule has 0 aliphatic rings. The number of carbonyl (C=O) groups is 1. The molecular formula is C24H21NO5. The van der Waals surface area contributed by atoms with Crippen LogP contribution in [0.1, 0.15) is 21.5 Å². The molecule has 30 heavy (non-hydrogen) atoms. The van der Waals surface area contributed by atoms with Gasteiger partial charge in [-0.15, -0.1) is 0 Å². The summed E-state index contributed by atoms with van der Waals surface area (Å²) in [6.45, 7) is 0.0938. The lowest BCUT2D eigenvalue weighted by atomic mass is 9.99. The molecule has 0 aliphatic heterocycles. The third-order valence-corrected chi connectivity index (χ3v) is 4.61.